The molecule has 2 aromatic heterocycles. The van der Waals surface area contributed by atoms with Gasteiger partial charge in [-0.05, 0) is 0 Å². The molecule has 0 spiro atoms. The first kappa shape index (κ1) is 7.53. The van der Waals surface area contributed by atoms with E-state index in [0.717, 1.165) is 0 Å². The molecule has 2 aromatic rings. The van der Waals surface area contributed by atoms with Crippen molar-refractivity contribution >= 4 is 23.3 Å². The van der Waals surface area contributed by atoms with Gasteiger partial charge in [0.2, 0.25) is 5.95 Å². The van der Waals surface area contributed by atoms with Crippen LogP contribution in [0.4, 0.5) is 5.95 Å². The van der Waals surface area contributed by atoms with Crippen LogP contribution in [-0.4, -0.2) is 19.5 Å². The van der Waals surface area contributed by atoms with Gasteiger partial charge >= 0.3 is 0 Å². The molecule has 0 saturated carbocycles. The van der Waals surface area contributed by atoms with E-state index >= 15 is 0 Å². The number of aromatic nitrogens is 4. The zero-order chi connectivity index (χ0) is 9.42. The van der Waals surface area contributed by atoms with E-state index in [4.69, 9.17) is 5.73 Å². The van der Waals surface area contributed by atoms with Crippen LogP contribution in [0.5, 0.6) is 0 Å². The average molecular weight is 177 g/mol. The number of imidazole rings is 1. The van der Waals surface area contributed by atoms with E-state index in [1.807, 2.05) is 0 Å². The summed E-state index contributed by atoms with van der Waals surface area (Å²) in [4.78, 5) is 21.4. The van der Waals surface area contributed by atoms with E-state index in [9.17, 15) is 4.79 Å². The fourth-order valence-electron chi connectivity index (χ4n) is 1.08. The van der Waals surface area contributed by atoms with Crippen molar-refractivity contribution in [3.05, 3.63) is 23.3 Å². The van der Waals surface area contributed by atoms with Crippen LogP contribution in [0, 0.1) is 0 Å². The molecule has 0 bridgehead atoms. The predicted octanol–water partition coefficient (Wildman–Crippen LogP) is -0.198. The summed E-state index contributed by atoms with van der Waals surface area (Å²) in [6, 6.07) is 0. The number of H-pyrrole nitrogens is 1. The Kier molecular flexibility index (Phi) is 1.42. The average Bonchev–Trinajstić information content (AvgIpc) is 2.47. The lowest BCUT2D eigenvalue weighted by Gasteiger charge is -1.94. The number of nitrogens with zero attached hydrogens (tertiary/aromatic N) is 3. The van der Waals surface area contributed by atoms with Gasteiger partial charge in [-0.3, -0.25) is 14.3 Å². The van der Waals surface area contributed by atoms with Crippen molar-refractivity contribution in [2.75, 3.05) is 5.73 Å². The molecule has 0 radical (unpaired) electrons. The first-order valence-corrected chi connectivity index (χ1v) is 3.57. The zero-order valence-electron chi connectivity index (χ0n) is 6.69. The van der Waals surface area contributed by atoms with Crippen LogP contribution < -0.4 is 11.3 Å². The van der Waals surface area contributed by atoms with Crippen LogP contribution >= 0.6 is 0 Å². The molecule has 3 N–H and O–H groups in total. The molecule has 2 heterocycles. The molecular formula is C7H7N5O. The zero-order valence-corrected chi connectivity index (χ0v) is 6.69. The summed E-state index contributed by atoms with van der Waals surface area (Å²) in [7, 11) is 0. The SMILES string of the molecule is C=Cn1cnc2c(=O)[nH]c(N)nc21. The summed E-state index contributed by atoms with van der Waals surface area (Å²) < 4.78 is 1.53. The highest BCUT2D eigenvalue weighted by Gasteiger charge is 2.06. The van der Waals surface area contributed by atoms with Gasteiger partial charge in [-0.1, -0.05) is 6.58 Å². The van der Waals surface area contributed by atoms with E-state index in [2.05, 4.69) is 21.5 Å². The maximum Gasteiger partial charge on any atom is 0.280 e. The molecule has 66 valence electrons. The summed E-state index contributed by atoms with van der Waals surface area (Å²) in [6.07, 6.45) is 2.96. The van der Waals surface area contributed by atoms with Gasteiger partial charge in [0.15, 0.2) is 11.2 Å². The van der Waals surface area contributed by atoms with Gasteiger partial charge in [0, 0.05) is 6.20 Å². The van der Waals surface area contributed by atoms with Crippen LogP contribution in [0.2, 0.25) is 0 Å². The fraction of sp³-hybridized carbons (Fsp3) is 0. The Morgan fingerprint density at radius 3 is 3.15 bits per heavy atom. The Hall–Kier alpha value is -2.11. The molecule has 0 atom stereocenters. The van der Waals surface area contributed by atoms with Crippen LogP contribution in [-0.2, 0) is 0 Å². The normalized spacial score (nSPS) is 10.5. The standard InChI is InChI=1S/C7H7N5O/c1-2-12-3-9-4-5(12)10-7(8)11-6(4)13/h2-3H,1H2,(H3,8,10,11,13). The Morgan fingerprint density at radius 1 is 1.69 bits per heavy atom. The van der Waals surface area contributed by atoms with Crippen molar-refractivity contribution in [1.29, 1.82) is 0 Å². The van der Waals surface area contributed by atoms with Gasteiger partial charge in [0.05, 0.1) is 0 Å². The predicted molar refractivity (Wildman–Crippen MR) is 48.9 cm³/mol. The van der Waals surface area contributed by atoms with Gasteiger partial charge in [-0.25, -0.2) is 4.98 Å². The van der Waals surface area contributed by atoms with Crippen molar-refractivity contribution in [2.24, 2.45) is 0 Å². The summed E-state index contributed by atoms with van der Waals surface area (Å²) in [5, 5.41) is 0. The second-order valence-electron chi connectivity index (χ2n) is 2.46. The first-order valence-electron chi connectivity index (χ1n) is 3.57. The molecule has 0 aliphatic rings. The number of hydrogen-bond donors (Lipinski definition) is 2. The third kappa shape index (κ3) is 0.994. The quantitative estimate of drug-likeness (QED) is 0.631. The van der Waals surface area contributed by atoms with Gasteiger partial charge in [0.1, 0.15) is 6.33 Å². The summed E-state index contributed by atoms with van der Waals surface area (Å²) >= 11 is 0. The molecule has 6 nitrogen and oxygen atoms in total. The maximum absolute atomic E-state index is 11.2. The second-order valence-corrected chi connectivity index (χ2v) is 2.46. The number of aromatic amines is 1. The Balaban J connectivity index is 2.98. The number of fused-ring (bicyclic) bond motifs is 1. The smallest absolute Gasteiger partial charge is 0.280 e. The molecule has 13 heavy (non-hydrogen) atoms. The van der Waals surface area contributed by atoms with Crippen molar-refractivity contribution in [3.63, 3.8) is 0 Å². The van der Waals surface area contributed by atoms with E-state index in [1.165, 1.54) is 17.1 Å². The lowest BCUT2D eigenvalue weighted by atomic mass is 10.5. The number of nitrogens with one attached hydrogen (secondary N) is 1. The molecule has 0 unspecified atom stereocenters. The minimum atomic E-state index is -0.344. The van der Waals surface area contributed by atoms with Crippen LogP contribution in [0.15, 0.2) is 17.7 Å². The molecule has 0 saturated heterocycles. The summed E-state index contributed by atoms with van der Waals surface area (Å²) in [6.45, 7) is 3.54. The van der Waals surface area contributed by atoms with Gasteiger partial charge < -0.3 is 5.73 Å². The monoisotopic (exact) mass is 177 g/mol. The third-order valence-corrected chi connectivity index (χ3v) is 1.65. The van der Waals surface area contributed by atoms with Crippen molar-refractivity contribution < 1.29 is 0 Å². The Labute approximate surface area is 72.7 Å². The summed E-state index contributed by atoms with van der Waals surface area (Å²) in [5.74, 6) is 0.0705. The molecule has 2 rings (SSSR count). The molecule has 0 aliphatic carbocycles. The number of nitrogens with two attached hydrogens (primary N) is 1. The Bertz CT molecular complexity index is 523. The molecular weight excluding hydrogens is 170 g/mol. The van der Waals surface area contributed by atoms with Crippen molar-refractivity contribution in [3.8, 4) is 0 Å². The second kappa shape index (κ2) is 2.44. The van der Waals surface area contributed by atoms with Crippen LogP contribution in [0.1, 0.15) is 0 Å². The molecule has 6 heteroatoms. The third-order valence-electron chi connectivity index (χ3n) is 1.65. The van der Waals surface area contributed by atoms with Gasteiger partial charge in [-0.2, -0.15) is 4.98 Å². The van der Waals surface area contributed by atoms with Crippen molar-refractivity contribution in [1.82, 2.24) is 19.5 Å². The highest BCUT2D eigenvalue weighted by Crippen LogP contribution is 2.05. The highest BCUT2D eigenvalue weighted by atomic mass is 16.1. The minimum Gasteiger partial charge on any atom is -0.369 e. The molecule has 0 fully saturated rings. The molecule has 0 amide bonds. The highest BCUT2D eigenvalue weighted by molar-refractivity contribution is 5.72. The van der Waals surface area contributed by atoms with Gasteiger partial charge in [-0.15, -0.1) is 0 Å². The number of nitrogen functional groups attached to an aromatic ring is 1. The lowest BCUT2D eigenvalue weighted by molar-refractivity contribution is 1.12. The molecule has 0 aliphatic heterocycles. The fourth-order valence-corrected chi connectivity index (χ4v) is 1.08. The Morgan fingerprint density at radius 2 is 2.46 bits per heavy atom. The van der Waals surface area contributed by atoms with E-state index < -0.39 is 0 Å². The van der Waals surface area contributed by atoms with E-state index in [1.54, 1.807) is 0 Å². The van der Waals surface area contributed by atoms with Gasteiger partial charge in [0.25, 0.3) is 5.56 Å². The largest absolute Gasteiger partial charge is 0.369 e. The first-order chi connectivity index (χ1) is 6.22. The van der Waals surface area contributed by atoms with E-state index in [0.29, 0.717) is 5.65 Å². The number of rotatable bonds is 1. The minimum absolute atomic E-state index is 0.0705. The number of hydrogen-bond acceptors (Lipinski definition) is 4. The van der Waals surface area contributed by atoms with Crippen LogP contribution in [0.25, 0.3) is 17.4 Å². The lowest BCUT2D eigenvalue weighted by Crippen LogP contribution is -2.11. The topological polar surface area (TPSA) is 89.6 Å². The van der Waals surface area contributed by atoms with E-state index in [-0.39, 0.29) is 17.0 Å². The van der Waals surface area contributed by atoms with Crippen LogP contribution in [0.3, 0.4) is 0 Å². The maximum atomic E-state index is 11.2. The number of anilines is 1. The summed E-state index contributed by atoms with van der Waals surface area (Å²) in [5.41, 5.74) is 5.69. The van der Waals surface area contributed by atoms with Crippen molar-refractivity contribution in [2.45, 2.75) is 0 Å². The molecule has 0 aromatic carbocycles.